The van der Waals surface area contributed by atoms with Gasteiger partial charge in [-0.25, -0.2) is 13.6 Å². The number of amides is 1. The van der Waals surface area contributed by atoms with Crippen LogP contribution in [0.2, 0.25) is 0 Å². The predicted molar refractivity (Wildman–Crippen MR) is 128 cm³/mol. The summed E-state index contributed by atoms with van der Waals surface area (Å²) in [4.78, 5) is 14.3. The van der Waals surface area contributed by atoms with Crippen LogP contribution in [-0.2, 0) is 4.74 Å². The number of nitriles is 1. The molecule has 36 heavy (non-hydrogen) atoms. The number of piperidine rings is 1. The van der Waals surface area contributed by atoms with E-state index in [1.54, 1.807) is 39.0 Å². The lowest BCUT2D eigenvalue weighted by Crippen LogP contribution is -2.57. The molecule has 0 radical (unpaired) electrons. The van der Waals surface area contributed by atoms with Crippen LogP contribution in [0.15, 0.2) is 36.4 Å². The Bertz CT molecular complexity index is 1080. The van der Waals surface area contributed by atoms with Crippen LogP contribution in [0.25, 0.3) is 0 Å². The van der Waals surface area contributed by atoms with E-state index in [2.05, 4.69) is 15.5 Å². The van der Waals surface area contributed by atoms with Crippen molar-refractivity contribution in [2.45, 2.75) is 75.9 Å². The van der Waals surface area contributed by atoms with Crippen LogP contribution in [0.1, 0.15) is 57.2 Å². The lowest BCUT2D eigenvalue weighted by Gasteiger charge is -2.40. The molecule has 2 aliphatic rings. The fourth-order valence-electron chi connectivity index (χ4n) is 5.01. The highest BCUT2D eigenvalue weighted by molar-refractivity contribution is 5.68. The third-order valence-electron chi connectivity index (χ3n) is 6.46. The standard InChI is InChI=1S/C26H31F2N5O3/c1-26(2,3)36-25(34)30-21-12-19(28)14-33(15-21)22-10-17(16-4-6-18(27)7-5-16)11-23(22)35-24-9-8-20(13-29)31-32-24/h4-9,17,19,21-23H,10-12,14-15H2,1-3H3,(H,30,34). The molecule has 4 rings (SSSR count). The molecule has 5 unspecified atom stereocenters. The SMILES string of the molecule is CC(C)(C)OC(=O)NC1CC(F)CN(C2CC(c3ccc(F)cc3)CC2Oc2ccc(C#N)nn2)C1. The summed E-state index contributed by atoms with van der Waals surface area (Å²) in [6, 6.07) is 10.9. The Balaban J connectivity index is 1.52. The first-order valence-electron chi connectivity index (χ1n) is 12.1. The molecule has 2 aromatic rings. The molecule has 1 saturated heterocycles. The van der Waals surface area contributed by atoms with Gasteiger partial charge in [0, 0.05) is 37.7 Å². The molecule has 10 heteroatoms. The molecule has 1 aromatic carbocycles. The van der Waals surface area contributed by atoms with Gasteiger partial charge in [-0.3, -0.25) is 4.90 Å². The molecule has 0 bridgehead atoms. The third kappa shape index (κ3) is 6.66. The molecule has 1 aromatic heterocycles. The fourth-order valence-corrected chi connectivity index (χ4v) is 5.01. The number of aromatic nitrogens is 2. The van der Waals surface area contributed by atoms with Gasteiger partial charge < -0.3 is 14.8 Å². The molecular formula is C26H31F2N5O3. The summed E-state index contributed by atoms with van der Waals surface area (Å²) in [5.41, 5.74) is 0.514. The fraction of sp³-hybridized carbons (Fsp3) is 0.538. The number of benzene rings is 1. The van der Waals surface area contributed by atoms with Gasteiger partial charge in [0.25, 0.3) is 0 Å². The molecular weight excluding hydrogens is 468 g/mol. The number of alkyl halides is 1. The van der Waals surface area contributed by atoms with Crippen LogP contribution in [-0.4, -0.2) is 64.2 Å². The minimum absolute atomic E-state index is 0.0733. The van der Waals surface area contributed by atoms with Crippen LogP contribution in [0.3, 0.4) is 0 Å². The zero-order valence-corrected chi connectivity index (χ0v) is 20.7. The van der Waals surface area contributed by atoms with Gasteiger partial charge in [0.05, 0.1) is 0 Å². The van der Waals surface area contributed by atoms with Gasteiger partial charge in [-0.15, -0.1) is 10.2 Å². The average molecular weight is 500 g/mol. The lowest BCUT2D eigenvalue weighted by molar-refractivity contribution is 0.0211. The van der Waals surface area contributed by atoms with E-state index in [4.69, 9.17) is 14.7 Å². The Kier molecular flexibility index (Phi) is 7.69. The molecule has 1 N–H and O–H groups in total. The van der Waals surface area contributed by atoms with Crippen LogP contribution in [0, 0.1) is 17.1 Å². The summed E-state index contributed by atoms with van der Waals surface area (Å²) < 4.78 is 39.9. The van der Waals surface area contributed by atoms with E-state index in [0.29, 0.717) is 19.4 Å². The minimum atomic E-state index is -1.13. The normalized spacial score (nSPS) is 26.7. The van der Waals surface area contributed by atoms with Crippen molar-refractivity contribution in [1.82, 2.24) is 20.4 Å². The Morgan fingerprint density at radius 2 is 1.86 bits per heavy atom. The van der Waals surface area contributed by atoms with Crippen molar-refractivity contribution in [2.24, 2.45) is 0 Å². The summed E-state index contributed by atoms with van der Waals surface area (Å²) in [6.07, 6.45) is -0.538. The van der Waals surface area contributed by atoms with Crippen molar-refractivity contribution in [2.75, 3.05) is 13.1 Å². The number of hydrogen-bond donors (Lipinski definition) is 1. The molecule has 2 heterocycles. The maximum atomic E-state index is 14.9. The number of likely N-dealkylation sites (tertiary alicyclic amines) is 1. The van der Waals surface area contributed by atoms with Crippen molar-refractivity contribution < 1.29 is 23.0 Å². The Labute approximate surface area is 209 Å². The van der Waals surface area contributed by atoms with Crippen LogP contribution in [0.5, 0.6) is 5.88 Å². The monoisotopic (exact) mass is 499 g/mol. The lowest BCUT2D eigenvalue weighted by atomic mass is 9.96. The smallest absolute Gasteiger partial charge is 0.407 e. The first-order valence-corrected chi connectivity index (χ1v) is 12.1. The van der Waals surface area contributed by atoms with E-state index in [9.17, 15) is 13.6 Å². The van der Waals surface area contributed by atoms with Crippen LogP contribution in [0.4, 0.5) is 13.6 Å². The second-order valence-corrected chi connectivity index (χ2v) is 10.4. The van der Waals surface area contributed by atoms with Crippen molar-refractivity contribution in [3.8, 4) is 11.9 Å². The maximum Gasteiger partial charge on any atom is 0.407 e. The summed E-state index contributed by atoms with van der Waals surface area (Å²) in [6.45, 7) is 5.99. The van der Waals surface area contributed by atoms with Gasteiger partial charge >= 0.3 is 6.09 Å². The molecule has 1 aliphatic heterocycles. The second-order valence-electron chi connectivity index (χ2n) is 10.4. The van der Waals surface area contributed by atoms with Gasteiger partial charge in [-0.05, 0) is 63.3 Å². The number of carbonyl (C=O) groups excluding carboxylic acids is 1. The van der Waals surface area contributed by atoms with E-state index < -0.39 is 23.9 Å². The number of carbonyl (C=O) groups is 1. The quantitative estimate of drug-likeness (QED) is 0.661. The van der Waals surface area contributed by atoms with E-state index in [1.165, 1.54) is 18.2 Å². The number of ether oxygens (including phenoxy) is 2. The average Bonchev–Trinajstić information content (AvgIpc) is 3.22. The third-order valence-corrected chi connectivity index (χ3v) is 6.46. The van der Waals surface area contributed by atoms with Crippen molar-refractivity contribution in [1.29, 1.82) is 5.26 Å². The van der Waals surface area contributed by atoms with Crippen molar-refractivity contribution >= 4 is 6.09 Å². The summed E-state index contributed by atoms with van der Waals surface area (Å²) in [5.74, 6) is 0.0477. The van der Waals surface area contributed by atoms with E-state index in [1.807, 2.05) is 11.0 Å². The number of rotatable bonds is 5. The van der Waals surface area contributed by atoms with Gasteiger partial charge in [-0.1, -0.05) is 12.1 Å². The number of alkyl carbamates (subject to hydrolysis) is 1. The van der Waals surface area contributed by atoms with Gasteiger partial charge in [0.2, 0.25) is 5.88 Å². The molecule has 1 saturated carbocycles. The summed E-state index contributed by atoms with van der Waals surface area (Å²) in [5, 5.41) is 19.6. The molecule has 8 nitrogen and oxygen atoms in total. The molecule has 0 spiro atoms. The first kappa shape index (κ1) is 25.8. The topological polar surface area (TPSA) is 100 Å². The highest BCUT2D eigenvalue weighted by Crippen LogP contribution is 2.40. The minimum Gasteiger partial charge on any atom is -0.472 e. The van der Waals surface area contributed by atoms with E-state index in [0.717, 1.165) is 5.56 Å². The van der Waals surface area contributed by atoms with Gasteiger partial charge in [0.15, 0.2) is 5.69 Å². The van der Waals surface area contributed by atoms with Crippen molar-refractivity contribution in [3.63, 3.8) is 0 Å². The van der Waals surface area contributed by atoms with E-state index in [-0.39, 0.29) is 48.4 Å². The molecule has 5 atom stereocenters. The number of hydrogen-bond acceptors (Lipinski definition) is 7. The highest BCUT2D eigenvalue weighted by Gasteiger charge is 2.43. The Morgan fingerprint density at radius 3 is 2.50 bits per heavy atom. The largest absolute Gasteiger partial charge is 0.472 e. The molecule has 192 valence electrons. The number of halogens is 2. The first-order chi connectivity index (χ1) is 17.1. The molecule has 1 aliphatic carbocycles. The van der Waals surface area contributed by atoms with Crippen molar-refractivity contribution in [3.05, 3.63) is 53.5 Å². The summed E-state index contributed by atoms with van der Waals surface area (Å²) >= 11 is 0. The van der Waals surface area contributed by atoms with Gasteiger partial charge in [0.1, 0.15) is 29.8 Å². The molecule has 2 fully saturated rings. The Hall–Kier alpha value is -3.32. The van der Waals surface area contributed by atoms with Crippen LogP contribution >= 0.6 is 0 Å². The number of nitrogens with zero attached hydrogens (tertiary/aromatic N) is 4. The Morgan fingerprint density at radius 1 is 1.11 bits per heavy atom. The summed E-state index contributed by atoms with van der Waals surface area (Å²) in [7, 11) is 0. The second kappa shape index (κ2) is 10.7. The van der Waals surface area contributed by atoms with Gasteiger partial charge in [-0.2, -0.15) is 5.26 Å². The van der Waals surface area contributed by atoms with Crippen LogP contribution < -0.4 is 10.1 Å². The van der Waals surface area contributed by atoms with E-state index >= 15 is 0 Å². The maximum absolute atomic E-state index is 14.9. The zero-order valence-electron chi connectivity index (χ0n) is 20.7. The highest BCUT2D eigenvalue weighted by atomic mass is 19.1. The zero-order chi connectivity index (χ0) is 25.9. The predicted octanol–water partition coefficient (Wildman–Crippen LogP) is 4.12. The number of nitrogens with one attached hydrogen (secondary N) is 1. The molecule has 1 amide bonds.